The summed E-state index contributed by atoms with van der Waals surface area (Å²) in [7, 11) is 0. The summed E-state index contributed by atoms with van der Waals surface area (Å²) in [6.07, 6.45) is 6.31. The van der Waals surface area contributed by atoms with E-state index in [1.165, 1.54) is 29.9 Å². The summed E-state index contributed by atoms with van der Waals surface area (Å²) < 4.78 is 1.32. The normalized spacial score (nSPS) is 19.5. The quantitative estimate of drug-likeness (QED) is 0.793. The Hall–Kier alpha value is 0.01000. The Kier molecular flexibility index (Phi) is 4.54. The van der Waals surface area contributed by atoms with Gasteiger partial charge in [-0.1, -0.05) is 31.7 Å². The molecule has 1 fully saturated rings. The SMILES string of the molecule is OC(CSc1cccs1)CC1CCCC1. The number of aliphatic hydroxyl groups excluding tert-OH is 1. The summed E-state index contributed by atoms with van der Waals surface area (Å²) in [4.78, 5) is 0. The second-order valence-corrected chi connectivity index (χ2v) is 6.55. The monoisotopic (exact) mass is 242 g/mol. The predicted octanol–water partition coefficient (Wildman–Crippen LogP) is 3.78. The summed E-state index contributed by atoms with van der Waals surface area (Å²) in [5, 5.41) is 12.0. The van der Waals surface area contributed by atoms with E-state index >= 15 is 0 Å². The fourth-order valence-electron chi connectivity index (χ4n) is 2.22. The number of hydrogen-bond donors (Lipinski definition) is 1. The molecule has 0 radical (unpaired) electrons. The van der Waals surface area contributed by atoms with Crippen molar-refractivity contribution >= 4 is 23.1 Å². The first-order chi connectivity index (χ1) is 7.34. The first-order valence-electron chi connectivity index (χ1n) is 5.69. The van der Waals surface area contributed by atoms with Crippen molar-refractivity contribution in [1.29, 1.82) is 0 Å². The van der Waals surface area contributed by atoms with Gasteiger partial charge in [-0.2, -0.15) is 0 Å². The van der Waals surface area contributed by atoms with Crippen LogP contribution in [-0.2, 0) is 0 Å². The molecule has 0 bridgehead atoms. The van der Waals surface area contributed by atoms with Gasteiger partial charge in [-0.05, 0) is 23.8 Å². The molecule has 1 aromatic heterocycles. The van der Waals surface area contributed by atoms with Crippen molar-refractivity contribution in [3.63, 3.8) is 0 Å². The van der Waals surface area contributed by atoms with E-state index < -0.39 is 0 Å². The maximum absolute atomic E-state index is 9.89. The molecule has 15 heavy (non-hydrogen) atoms. The van der Waals surface area contributed by atoms with Crippen LogP contribution in [0.25, 0.3) is 0 Å². The van der Waals surface area contributed by atoms with Gasteiger partial charge in [0, 0.05) is 5.75 Å². The molecule has 0 aliphatic heterocycles. The van der Waals surface area contributed by atoms with E-state index in [-0.39, 0.29) is 6.10 Å². The van der Waals surface area contributed by atoms with Crippen LogP contribution in [0.5, 0.6) is 0 Å². The van der Waals surface area contributed by atoms with Gasteiger partial charge in [-0.15, -0.1) is 23.1 Å². The van der Waals surface area contributed by atoms with Gasteiger partial charge in [0.05, 0.1) is 10.3 Å². The van der Waals surface area contributed by atoms with Crippen LogP contribution in [-0.4, -0.2) is 17.0 Å². The summed E-state index contributed by atoms with van der Waals surface area (Å²) in [5.41, 5.74) is 0. The van der Waals surface area contributed by atoms with Crippen LogP contribution in [0.3, 0.4) is 0 Å². The van der Waals surface area contributed by atoms with Crippen molar-refractivity contribution in [2.45, 2.75) is 42.4 Å². The average molecular weight is 242 g/mol. The third-order valence-corrected chi connectivity index (χ3v) is 5.27. The molecule has 1 aliphatic rings. The van der Waals surface area contributed by atoms with Gasteiger partial charge in [0.15, 0.2) is 0 Å². The van der Waals surface area contributed by atoms with E-state index in [4.69, 9.17) is 0 Å². The molecule has 3 heteroatoms. The van der Waals surface area contributed by atoms with Crippen molar-refractivity contribution in [3.8, 4) is 0 Å². The van der Waals surface area contributed by atoms with Gasteiger partial charge in [0.2, 0.25) is 0 Å². The molecule has 0 amide bonds. The first kappa shape index (κ1) is 11.5. The Labute approximate surface area is 99.9 Å². The lowest BCUT2D eigenvalue weighted by Gasteiger charge is -2.14. The summed E-state index contributed by atoms with van der Waals surface area (Å²) in [6, 6.07) is 4.19. The molecule has 1 aromatic rings. The third kappa shape index (κ3) is 3.82. The molecular formula is C12H18OS2. The summed E-state index contributed by atoms with van der Waals surface area (Å²) in [6.45, 7) is 0. The molecule has 1 heterocycles. The highest BCUT2D eigenvalue weighted by molar-refractivity contribution is 8.01. The van der Waals surface area contributed by atoms with E-state index in [2.05, 4.69) is 17.5 Å². The molecule has 0 spiro atoms. The fourth-order valence-corrected chi connectivity index (χ4v) is 3.98. The minimum atomic E-state index is -0.111. The minimum absolute atomic E-state index is 0.111. The number of rotatable bonds is 5. The third-order valence-electron chi connectivity index (χ3n) is 2.99. The Balaban J connectivity index is 1.66. The van der Waals surface area contributed by atoms with Gasteiger partial charge >= 0.3 is 0 Å². The molecular weight excluding hydrogens is 224 g/mol. The largest absolute Gasteiger partial charge is 0.392 e. The minimum Gasteiger partial charge on any atom is -0.392 e. The zero-order chi connectivity index (χ0) is 10.5. The molecule has 1 saturated carbocycles. The maximum Gasteiger partial charge on any atom is 0.0637 e. The lowest BCUT2D eigenvalue weighted by atomic mass is 10.0. The van der Waals surface area contributed by atoms with Crippen LogP contribution < -0.4 is 0 Å². The maximum atomic E-state index is 9.89. The zero-order valence-corrected chi connectivity index (χ0v) is 10.5. The van der Waals surface area contributed by atoms with E-state index in [0.29, 0.717) is 0 Å². The first-order valence-corrected chi connectivity index (χ1v) is 7.55. The topological polar surface area (TPSA) is 20.2 Å². The van der Waals surface area contributed by atoms with Crippen LogP contribution in [0.2, 0.25) is 0 Å². The Morgan fingerprint density at radius 1 is 1.47 bits per heavy atom. The lowest BCUT2D eigenvalue weighted by molar-refractivity contribution is 0.166. The number of hydrogen-bond acceptors (Lipinski definition) is 3. The second kappa shape index (κ2) is 5.92. The van der Waals surface area contributed by atoms with Crippen LogP contribution in [0.15, 0.2) is 21.7 Å². The van der Waals surface area contributed by atoms with Crippen LogP contribution in [0.4, 0.5) is 0 Å². The van der Waals surface area contributed by atoms with Crippen molar-refractivity contribution in [3.05, 3.63) is 17.5 Å². The molecule has 1 N–H and O–H groups in total. The lowest BCUT2D eigenvalue weighted by Crippen LogP contribution is -2.14. The van der Waals surface area contributed by atoms with Gasteiger partial charge in [0.25, 0.3) is 0 Å². The van der Waals surface area contributed by atoms with Gasteiger partial charge in [-0.25, -0.2) is 0 Å². The molecule has 1 unspecified atom stereocenters. The van der Waals surface area contributed by atoms with Crippen LogP contribution in [0, 0.1) is 5.92 Å². The van der Waals surface area contributed by atoms with Crippen LogP contribution in [0.1, 0.15) is 32.1 Å². The van der Waals surface area contributed by atoms with Crippen LogP contribution >= 0.6 is 23.1 Å². The van der Waals surface area contributed by atoms with E-state index in [1.807, 2.05) is 0 Å². The van der Waals surface area contributed by atoms with Gasteiger partial charge < -0.3 is 5.11 Å². The molecule has 0 aromatic carbocycles. The Morgan fingerprint density at radius 2 is 2.27 bits per heavy atom. The fraction of sp³-hybridized carbons (Fsp3) is 0.667. The van der Waals surface area contributed by atoms with E-state index in [9.17, 15) is 5.11 Å². The number of aliphatic hydroxyl groups is 1. The van der Waals surface area contributed by atoms with E-state index in [0.717, 1.165) is 18.1 Å². The summed E-state index contributed by atoms with van der Waals surface area (Å²) >= 11 is 3.55. The molecule has 84 valence electrons. The molecule has 2 rings (SSSR count). The molecule has 1 nitrogen and oxygen atoms in total. The smallest absolute Gasteiger partial charge is 0.0637 e. The van der Waals surface area contributed by atoms with Crippen molar-refractivity contribution < 1.29 is 5.11 Å². The van der Waals surface area contributed by atoms with Gasteiger partial charge in [0.1, 0.15) is 0 Å². The predicted molar refractivity (Wildman–Crippen MR) is 67.6 cm³/mol. The summed E-state index contributed by atoms with van der Waals surface area (Å²) in [5.74, 6) is 1.65. The second-order valence-electron chi connectivity index (χ2n) is 4.28. The van der Waals surface area contributed by atoms with Crippen molar-refractivity contribution in [1.82, 2.24) is 0 Å². The molecule has 1 atom stereocenters. The zero-order valence-electron chi connectivity index (χ0n) is 8.89. The standard InChI is InChI=1S/C12H18OS2/c13-11(8-10-4-1-2-5-10)9-15-12-6-3-7-14-12/h3,6-7,10-11,13H,1-2,4-5,8-9H2. The number of thioether (sulfide) groups is 1. The highest BCUT2D eigenvalue weighted by atomic mass is 32.2. The highest BCUT2D eigenvalue weighted by Gasteiger charge is 2.18. The van der Waals surface area contributed by atoms with Gasteiger partial charge in [-0.3, -0.25) is 0 Å². The van der Waals surface area contributed by atoms with Crippen molar-refractivity contribution in [2.24, 2.45) is 5.92 Å². The Morgan fingerprint density at radius 3 is 2.93 bits per heavy atom. The van der Waals surface area contributed by atoms with Crippen molar-refractivity contribution in [2.75, 3.05) is 5.75 Å². The highest BCUT2D eigenvalue weighted by Crippen LogP contribution is 2.30. The number of thiophene rings is 1. The Bertz CT molecular complexity index is 265. The average Bonchev–Trinajstić information content (AvgIpc) is 2.86. The van der Waals surface area contributed by atoms with E-state index in [1.54, 1.807) is 23.1 Å². The molecule has 0 saturated heterocycles. The molecule has 1 aliphatic carbocycles.